The van der Waals surface area contributed by atoms with Crippen molar-refractivity contribution < 1.29 is 45.8 Å². The molecule has 0 radical (unpaired) electrons. The highest BCUT2D eigenvalue weighted by molar-refractivity contribution is 6.06. The Morgan fingerprint density at radius 1 is 0.906 bits per heavy atom. The number of nitrogens with zero attached hydrogens (tertiary/aromatic N) is 1. The molecule has 1 N–H and O–H groups in total. The number of carbonyl (C=O) groups is 2. The number of hydrogen-bond donors (Lipinski definition) is 1. The number of benzene rings is 2. The molecule has 2 aromatic carbocycles. The van der Waals surface area contributed by atoms with Gasteiger partial charge in [-0.2, -0.15) is 26.3 Å². The first-order valence-electron chi connectivity index (χ1n) is 9.31. The van der Waals surface area contributed by atoms with Crippen LogP contribution in [0.4, 0.5) is 32.0 Å². The van der Waals surface area contributed by atoms with Crippen LogP contribution in [0, 0.1) is 0 Å². The van der Waals surface area contributed by atoms with Crippen LogP contribution in [0.25, 0.3) is 0 Å². The maximum Gasteiger partial charge on any atom is 0.430 e. The Morgan fingerprint density at radius 2 is 1.44 bits per heavy atom. The molecule has 0 aromatic heterocycles. The summed E-state index contributed by atoms with van der Waals surface area (Å²) in [4.78, 5) is 25.8. The number of carbonyl (C=O) groups excluding carboxylic acids is 2. The fraction of sp³-hybridized carbons (Fsp3) is 0.333. The lowest BCUT2D eigenvalue weighted by Crippen LogP contribution is -2.53. The molecule has 0 aliphatic rings. The number of para-hydroxylation sites is 1. The Kier molecular flexibility index (Phi) is 7.55. The first-order valence-corrected chi connectivity index (χ1v) is 9.31. The van der Waals surface area contributed by atoms with E-state index in [-0.39, 0.29) is 25.1 Å². The average molecular weight is 463 g/mol. The Labute approximate surface area is 179 Å². The van der Waals surface area contributed by atoms with E-state index in [0.717, 1.165) is 17.0 Å². The highest BCUT2D eigenvalue weighted by atomic mass is 19.4. The van der Waals surface area contributed by atoms with Crippen molar-refractivity contribution in [2.24, 2.45) is 0 Å². The molecule has 0 aliphatic heterocycles. The lowest BCUT2D eigenvalue weighted by atomic mass is 9.91. The topological polar surface area (TPSA) is 66.8 Å². The second-order valence-electron chi connectivity index (χ2n) is 6.63. The third-order valence-electron chi connectivity index (χ3n) is 4.53. The van der Waals surface area contributed by atoms with Gasteiger partial charge in [0.15, 0.2) is 0 Å². The monoisotopic (exact) mass is 463 g/mol. The zero-order valence-corrected chi connectivity index (χ0v) is 16.7. The van der Waals surface area contributed by atoms with Crippen molar-refractivity contribution >= 4 is 17.6 Å². The van der Waals surface area contributed by atoms with E-state index in [0.29, 0.717) is 17.8 Å². The average Bonchev–Trinajstić information content (AvgIpc) is 2.72. The molecule has 0 heterocycles. The molecule has 0 bridgehead atoms. The van der Waals surface area contributed by atoms with Gasteiger partial charge in [-0.25, -0.2) is 0 Å². The standard InChI is InChI=1S/C21H19F6NO4/c1-2-32-17(29)12-13-28(16-6-4-3-5-7-16)18(30)14-8-10-15(11-9-14)19(31,20(22,23)24)21(25,26)27/h3-11,31H,2,12-13H2,1H3. The van der Waals surface area contributed by atoms with Gasteiger partial charge >= 0.3 is 18.3 Å². The molecule has 0 fully saturated rings. The van der Waals surface area contributed by atoms with Gasteiger partial charge in [0.05, 0.1) is 13.0 Å². The normalized spacial score (nSPS) is 12.4. The van der Waals surface area contributed by atoms with Gasteiger partial charge in [-0.1, -0.05) is 30.3 Å². The number of anilines is 1. The van der Waals surface area contributed by atoms with Crippen LogP contribution in [-0.4, -0.2) is 42.5 Å². The van der Waals surface area contributed by atoms with Crippen molar-refractivity contribution in [3.63, 3.8) is 0 Å². The van der Waals surface area contributed by atoms with Gasteiger partial charge in [0.1, 0.15) is 0 Å². The van der Waals surface area contributed by atoms with Gasteiger partial charge in [-0.3, -0.25) is 9.59 Å². The smallest absolute Gasteiger partial charge is 0.430 e. The number of rotatable bonds is 7. The number of alkyl halides is 6. The molecule has 32 heavy (non-hydrogen) atoms. The first kappa shape index (κ1) is 25.2. The minimum absolute atomic E-state index is 0.126. The number of ether oxygens (including phenoxy) is 1. The number of aliphatic hydroxyl groups is 1. The molecule has 0 unspecified atom stereocenters. The summed E-state index contributed by atoms with van der Waals surface area (Å²) in [5, 5.41) is 9.47. The van der Waals surface area contributed by atoms with Gasteiger partial charge in [0.25, 0.3) is 11.5 Å². The van der Waals surface area contributed by atoms with Gasteiger partial charge in [-0.15, -0.1) is 0 Å². The third kappa shape index (κ3) is 5.21. The van der Waals surface area contributed by atoms with Crippen molar-refractivity contribution in [2.45, 2.75) is 31.3 Å². The summed E-state index contributed by atoms with van der Waals surface area (Å²) in [6, 6.07) is 10.3. The first-order chi connectivity index (χ1) is 14.8. The molecular formula is C21H19F6NO4. The van der Waals surface area contributed by atoms with E-state index in [4.69, 9.17) is 4.74 Å². The number of halogens is 6. The second-order valence-corrected chi connectivity index (χ2v) is 6.63. The minimum atomic E-state index is -6.04. The summed E-state index contributed by atoms with van der Waals surface area (Å²) in [7, 11) is 0. The Morgan fingerprint density at radius 3 is 1.91 bits per heavy atom. The van der Waals surface area contributed by atoms with Crippen molar-refractivity contribution in [1.82, 2.24) is 0 Å². The van der Waals surface area contributed by atoms with E-state index in [1.54, 1.807) is 37.3 Å². The maximum absolute atomic E-state index is 13.0. The van der Waals surface area contributed by atoms with Gasteiger partial charge < -0.3 is 14.7 Å². The molecule has 11 heteroatoms. The minimum Gasteiger partial charge on any atom is -0.466 e. The number of hydrogen-bond acceptors (Lipinski definition) is 4. The van der Waals surface area contributed by atoms with Gasteiger partial charge in [-0.05, 0) is 31.2 Å². The Bertz CT molecular complexity index is 912. The predicted octanol–water partition coefficient (Wildman–Crippen LogP) is 4.60. The molecule has 0 aliphatic carbocycles. The molecule has 2 rings (SSSR count). The lowest BCUT2D eigenvalue weighted by molar-refractivity contribution is -0.376. The third-order valence-corrected chi connectivity index (χ3v) is 4.53. The van der Waals surface area contributed by atoms with Crippen LogP contribution in [0.15, 0.2) is 54.6 Å². The highest BCUT2D eigenvalue weighted by Gasteiger charge is 2.71. The zero-order valence-electron chi connectivity index (χ0n) is 16.7. The number of esters is 1. The SMILES string of the molecule is CCOC(=O)CCN(C(=O)c1ccc(C(O)(C(F)(F)F)C(F)(F)F)cc1)c1ccccc1. The summed E-state index contributed by atoms with van der Waals surface area (Å²) >= 11 is 0. The van der Waals surface area contributed by atoms with Crippen molar-refractivity contribution in [2.75, 3.05) is 18.1 Å². The maximum atomic E-state index is 13.0. The quantitative estimate of drug-likeness (QED) is 0.482. The van der Waals surface area contributed by atoms with Crippen molar-refractivity contribution in [3.8, 4) is 0 Å². The molecule has 2 aromatic rings. The summed E-state index contributed by atoms with van der Waals surface area (Å²) in [5.41, 5.74) is -6.46. The van der Waals surface area contributed by atoms with Crippen LogP contribution < -0.4 is 4.90 Å². The molecule has 5 nitrogen and oxygen atoms in total. The fourth-order valence-corrected chi connectivity index (χ4v) is 2.89. The van der Waals surface area contributed by atoms with Crippen LogP contribution in [0.2, 0.25) is 0 Å². The van der Waals surface area contributed by atoms with Gasteiger partial charge in [0, 0.05) is 23.4 Å². The van der Waals surface area contributed by atoms with Crippen LogP contribution >= 0.6 is 0 Å². The molecule has 174 valence electrons. The van der Waals surface area contributed by atoms with Crippen molar-refractivity contribution in [3.05, 3.63) is 65.7 Å². The fourth-order valence-electron chi connectivity index (χ4n) is 2.89. The molecular weight excluding hydrogens is 444 g/mol. The highest BCUT2D eigenvalue weighted by Crippen LogP contribution is 2.49. The van der Waals surface area contributed by atoms with E-state index in [2.05, 4.69) is 0 Å². The van der Waals surface area contributed by atoms with E-state index < -0.39 is 35.4 Å². The number of amides is 1. The summed E-state index contributed by atoms with van der Waals surface area (Å²) in [5.74, 6) is -1.35. The molecule has 0 saturated carbocycles. The van der Waals surface area contributed by atoms with E-state index in [1.807, 2.05) is 0 Å². The zero-order chi connectivity index (χ0) is 24.2. The summed E-state index contributed by atoms with van der Waals surface area (Å²) < 4.78 is 83.1. The van der Waals surface area contributed by atoms with Crippen LogP contribution in [-0.2, 0) is 15.1 Å². The van der Waals surface area contributed by atoms with E-state index in [1.165, 1.54) is 0 Å². The van der Waals surface area contributed by atoms with Gasteiger partial charge in [0.2, 0.25) is 0 Å². The largest absolute Gasteiger partial charge is 0.466 e. The van der Waals surface area contributed by atoms with E-state index in [9.17, 15) is 41.0 Å². The molecule has 0 spiro atoms. The second kappa shape index (κ2) is 9.60. The molecule has 1 amide bonds. The van der Waals surface area contributed by atoms with E-state index >= 15 is 0 Å². The van der Waals surface area contributed by atoms with Crippen LogP contribution in [0.3, 0.4) is 0 Å². The summed E-state index contributed by atoms with van der Waals surface area (Å²) in [6.07, 6.45) is -12.3. The Hall–Kier alpha value is -3.08. The predicted molar refractivity (Wildman–Crippen MR) is 102 cm³/mol. The summed E-state index contributed by atoms with van der Waals surface area (Å²) in [6.45, 7) is 1.59. The Balaban J connectivity index is 2.38. The molecule has 0 saturated heterocycles. The van der Waals surface area contributed by atoms with Crippen LogP contribution in [0.5, 0.6) is 0 Å². The lowest BCUT2D eigenvalue weighted by Gasteiger charge is -2.32. The van der Waals surface area contributed by atoms with Crippen LogP contribution in [0.1, 0.15) is 29.3 Å². The van der Waals surface area contributed by atoms with Crippen molar-refractivity contribution in [1.29, 1.82) is 0 Å². The molecule has 0 atom stereocenters.